The van der Waals surface area contributed by atoms with Crippen LogP contribution >= 0.6 is 11.3 Å². The van der Waals surface area contributed by atoms with E-state index in [2.05, 4.69) is 5.32 Å². The Morgan fingerprint density at radius 2 is 1.75 bits per heavy atom. The quantitative estimate of drug-likeness (QED) is 0.539. The average molecular weight is 449 g/mol. The Morgan fingerprint density at radius 3 is 2.47 bits per heavy atom. The van der Waals surface area contributed by atoms with Crippen molar-refractivity contribution in [1.29, 1.82) is 0 Å². The van der Waals surface area contributed by atoms with Gasteiger partial charge in [0.25, 0.3) is 5.91 Å². The first kappa shape index (κ1) is 22.0. The van der Waals surface area contributed by atoms with Crippen LogP contribution in [0.4, 0.5) is 4.39 Å². The number of carbonyl (C=O) groups is 2. The molecule has 1 aromatic heterocycles. The van der Waals surface area contributed by atoms with Gasteiger partial charge < -0.3 is 10.2 Å². The first-order chi connectivity index (χ1) is 15.5. The third-order valence-corrected chi connectivity index (χ3v) is 6.78. The van der Waals surface area contributed by atoms with Crippen molar-refractivity contribution in [3.8, 4) is 10.4 Å². The zero-order valence-corrected chi connectivity index (χ0v) is 18.7. The second kappa shape index (κ2) is 9.92. The van der Waals surface area contributed by atoms with Crippen molar-refractivity contribution in [2.24, 2.45) is 0 Å². The topological polar surface area (TPSA) is 49.4 Å². The number of hydrogen-bond acceptors (Lipinski definition) is 3. The zero-order valence-electron chi connectivity index (χ0n) is 17.9. The number of piperidine rings is 1. The van der Waals surface area contributed by atoms with E-state index in [-0.39, 0.29) is 23.7 Å². The van der Waals surface area contributed by atoms with Gasteiger partial charge in [0, 0.05) is 40.5 Å². The van der Waals surface area contributed by atoms with E-state index in [1.165, 1.54) is 12.1 Å². The van der Waals surface area contributed by atoms with E-state index in [9.17, 15) is 14.0 Å². The molecule has 1 N–H and O–H groups in total. The number of carbonyl (C=O) groups excluding carboxylic acids is 2. The van der Waals surface area contributed by atoms with Crippen LogP contribution in [0, 0.1) is 12.7 Å². The SMILES string of the molecule is Cc1ccccc1C(=O)NC1CCN(C(=O)/C=C/c2ccc(-c3ccc(F)cc3)s2)CC1. The van der Waals surface area contributed by atoms with Gasteiger partial charge in [-0.15, -0.1) is 11.3 Å². The molecule has 0 bridgehead atoms. The lowest BCUT2D eigenvalue weighted by atomic mass is 10.0. The summed E-state index contributed by atoms with van der Waals surface area (Å²) in [5.74, 6) is -0.331. The van der Waals surface area contributed by atoms with Crippen molar-refractivity contribution in [3.63, 3.8) is 0 Å². The third kappa shape index (κ3) is 5.32. The summed E-state index contributed by atoms with van der Waals surface area (Å²) in [5, 5.41) is 3.10. The maximum atomic E-state index is 13.1. The van der Waals surface area contributed by atoms with E-state index in [4.69, 9.17) is 0 Å². The number of benzene rings is 2. The van der Waals surface area contributed by atoms with Crippen molar-refractivity contribution in [2.75, 3.05) is 13.1 Å². The normalized spacial score (nSPS) is 14.6. The molecule has 0 aliphatic carbocycles. The molecule has 0 saturated carbocycles. The largest absolute Gasteiger partial charge is 0.349 e. The number of halogens is 1. The van der Waals surface area contributed by atoms with Crippen LogP contribution in [0.5, 0.6) is 0 Å². The van der Waals surface area contributed by atoms with E-state index in [0.29, 0.717) is 18.7 Å². The molecule has 1 saturated heterocycles. The minimum absolute atomic E-state index is 0.0228. The molecule has 0 unspecified atom stereocenters. The predicted octanol–water partition coefficient (Wildman–Crippen LogP) is 5.30. The standard InChI is InChI=1S/C26H25FN2O2S/c1-18-4-2-3-5-23(18)26(31)28-21-14-16-29(17-15-21)25(30)13-11-22-10-12-24(32-22)19-6-8-20(27)9-7-19/h2-13,21H,14-17H2,1H3,(H,28,31)/b13-11+. The summed E-state index contributed by atoms with van der Waals surface area (Å²) in [6.45, 7) is 3.17. The van der Waals surface area contributed by atoms with E-state index >= 15 is 0 Å². The van der Waals surface area contributed by atoms with Crippen LogP contribution in [0.1, 0.15) is 33.6 Å². The fourth-order valence-electron chi connectivity index (χ4n) is 3.81. The zero-order chi connectivity index (χ0) is 22.5. The van der Waals surface area contributed by atoms with Gasteiger partial charge in [0.05, 0.1) is 0 Å². The van der Waals surface area contributed by atoms with Gasteiger partial charge in [-0.1, -0.05) is 30.3 Å². The Labute approximate surface area is 191 Å². The van der Waals surface area contributed by atoms with Crippen LogP contribution in [0.25, 0.3) is 16.5 Å². The predicted molar refractivity (Wildman–Crippen MR) is 127 cm³/mol. The fourth-order valence-corrected chi connectivity index (χ4v) is 4.72. The molecule has 4 rings (SSSR count). The van der Waals surface area contributed by atoms with Gasteiger partial charge in [0.2, 0.25) is 5.91 Å². The molecule has 164 valence electrons. The number of hydrogen-bond donors (Lipinski definition) is 1. The number of thiophene rings is 1. The van der Waals surface area contributed by atoms with Crippen molar-refractivity contribution in [1.82, 2.24) is 10.2 Å². The van der Waals surface area contributed by atoms with Gasteiger partial charge in [0.15, 0.2) is 0 Å². The van der Waals surface area contributed by atoms with E-state index in [0.717, 1.165) is 33.7 Å². The summed E-state index contributed by atoms with van der Waals surface area (Å²) in [7, 11) is 0. The van der Waals surface area contributed by atoms with Gasteiger partial charge in [-0.2, -0.15) is 0 Å². The fraction of sp³-hybridized carbons (Fsp3) is 0.231. The molecule has 3 aromatic rings. The van der Waals surface area contributed by atoms with Gasteiger partial charge in [0.1, 0.15) is 5.82 Å². The minimum atomic E-state index is -0.255. The molecule has 1 aliphatic rings. The highest BCUT2D eigenvalue weighted by Crippen LogP contribution is 2.29. The second-order valence-electron chi connectivity index (χ2n) is 7.93. The van der Waals surface area contributed by atoms with Gasteiger partial charge in [-0.25, -0.2) is 4.39 Å². The Balaban J connectivity index is 1.28. The van der Waals surface area contributed by atoms with E-state index < -0.39 is 0 Å². The number of aryl methyl sites for hydroxylation is 1. The summed E-state index contributed by atoms with van der Waals surface area (Å²) in [6.07, 6.45) is 4.91. The lowest BCUT2D eigenvalue weighted by Gasteiger charge is -2.31. The lowest BCUT2D eigenvalue weighted by molar-refractivity contribution is -0.126. The molecule has 1 aliphatic heterocycles. The first-order valence-corrected chi connectivity index (χ1v) is 11.5. The van der Waals surface area contributed by atoms with E-state index in [1.54, 1.807) is 29.5 Å². The average Bonchev–Trinajstić information content (AvgIpc) is 3.28. The molecule has 2 aromatic carbocycles. The van der Waals surface area contributed by atoms with E-state index in [1.807, 2.05) is 54.3 Å². The molecule has 0 radical (unpaired) electrons. The van der Waals surface area contributed by atoms with Crippen LogP contribution in [0.2, 0.25) is 0 Å². The molecule has 0 atom stereocenters. The molecule has 4 nitrogen and oxygen atoms in total. The Morgan fingerprint density at radius 1 is 1.03 bits per heavy atom. The Kier molecular flexibility index (Phi) is 6.81. The maximum Gasteiger partial charge on any atom is 0.251 e. The smallest absolute Gasteiger partial charge is 0.251 e. The maximum absolute atomic E-state index is 13.1. The second-order valence-corrected chi connectivity index (χ2v) is 9.05. The van der Waals surface area contributed by atoms with Crippen molar-refractivity contribution < 1.29 is 14.0 Å². The van der Waals surface area contributed by atoms with Crippen LogP contribution in [0.3, 0.4) is 0 Å². The van der Waals surface area contributed by atoms with Crippen molar-refractivity contribution >= 4 is 29.2 Å². The van der Waals surface area contributed by atoms with Gasteiger partial charge in [-0.3, -0.25) is 9.59 Å². The molecular weight excluding hydrogens is 423 g/mol. The Hall–Kier alpha value is -3.25. The molecule has 32 heavy (non-hydrogen) atoms. The number of rotatable bonds is 5. The van der Waals surface area contributed by atoms with Crippen LogP contribution in [-0.2, 0) is 4.79 Å². The summed E-state index contributed by atoms with van der Waals surface area (Å²) < 4.78 is 13.1. The summed E-state index contributed by atoms with van der Waals surface area (Å²) in [5.41, 5.74) is 2.61. The lowest BCUT2D eigenvalue weighted by Crippen LogP contribution is -2.46. The minimum Gasteiger partial charge on any atom is -0.349 e. The molecule has 2 amide bonds. The molecule has 2 heterocycles. The molecular formula is C26H25FN2O2S. The number of amides is 2. The molecule has 0 spiro atoms. The molecule has 1 fully saturated rings. The summed E-state index contributed by atoms with van der Waals surface area (Å²) >= 11 is 1.56. The molecule has 6 heteroatoms. The highest BCUT2D eigenvalue weighted by Gasteiger charge is 2.23. The monoisotopic (exact) mass is 448 g/mol. The summed E-state index contributed by atoms with van der Waals surface area (Å²) in [6, 6.07) is 18.0. The highest BCUT2D eigenvalue weighted by molar-refractivity contribution is 7.16. The summed E-state index contributed by atoms with van der Waals surface area (Å²) in [4.78, 5) is 28.9. The number of nitrogens with one attached hydrogen (secondary N) is 1. The first-order valence-electron chi connectivity index (χ1n) is 10.7. The van der Waals surface area contributed by atoms with Gasteiger partial charge >= 0.3 is 0 Å². The van der Waals surface area contributed by atoms with Crippen LogP contribution in [-0.4, -0.2) is 35.8 Å². The van der Waals surface area contributed by atoms with Crippen LogP contribution in [0.15, 0.2) is 66.7 Å². The van der Waals surface area contributed by atoms with Crippen molar-refractivity contribution in [2.45, 2.75) is 25.8 Å². The number of likely N-dealkylation sites (tertiary alicyclic amines) is 1. The van der Waals surface area contributed by atoms with Crippen LogP contribution < -0.4 is 5.32 Å². The highest BCUT2D eigenvalue weighted by atomic mass is 32.1. The third-order valence-electron chi connectivity index (χ3n) is 5.68. The number of nitrogens with zero attached hydrogens (tertiary/aromatic N) is 1. The van der Waals surface area contributed by atoms with Crippen molar-refractivity contribution in [3.05, 3.63) is 88.6 Å². The Bertz CT molecular complexity index is 1130. The van der Waals surface area contributed by atoms with Gasteiger partial charge in [-0.05, 0) is 67.3 Å².